The Kier molecular flexibility index (Phi) is 4.54. The molecule has 0 aromatic carbocycles. The highest BCUT2D eigenvalue weighted by atomic mass is 127. The van der Waals surface area contributed by atoms with E-state index in [1.165, 1.54) is 0 Å². The van der Waals surface area contributed by atoms with Crippen LogP contribution in [0.1, 0.15) is 0 Å². The molecule has 0 rings (SSSR count). The zero-order chi connectivity index (χ0) is 15.2. The van der Waals surface area contributed by atoms with Gasteiger partial charge in [-0.2, -0.15) is 43.5 Å². The summed E-state index contributed by atoms with van der Waals surface area (Å²) in [5.74, 6) is 0. The van der Waals surface area contributed by atoms with Crippen LogP contribution in [0.5, 0.6) is 0 Å². The van der Waals surface area contributed by atoms with Crippen molar-refractivity contribution in [3.05, 3.63) is 0 Å². The molecule has 0 aliphatic rings. The van der Waals surface area contributed by atoms with E-state index in [1.807, 2.05) is 0 Å². The van der Waals surface area contributed by atoms with E-state index < -0.39 is 54.2 Å². The largest absolute Gasteiger partial charge is 0.483 e. The Morgan fingerprint density at radius 1 is 0.889 bits per heavy atom. The molecule has 1 atom stereocenters. The predicted octanol–water partition coefficient (Wildman–Crippen LogP) is 3.11. The highest BCUT2D eigenvalue weighted by Gasteiger charge is 2.72. The second-order valence-corrected chi connectivity index (χ2v) is 5.36. The number of alkyl halides is 9. The minimum atomic E-state index is -7.12. The number of rotatable bonds is 4. The van der Waals surface area contributed by atoms with Gasteiger partial charge < -0.3 is 0 Å². The van der Waals surface area contributed by atoms with Crippen molar-refractivity contribution in [1.29, 1.82) is 0 Å². The van der Waals surface area contributed by atoms with Crippen molar-refractivity contribution in [3.8, 4) is 0 Å². The molecule has 0 spiro atoms. The fourth-order valence-electron chi connectivity index (χ4n) is 0.420. The highest BCUT2D eigenvalue weighted by molar-refractivity contribution is 14.1. The van der Waals surface area contributed by atoms with Gasteiger partial charge in [-0.15, -0.1) is 0 Å². The van der Waals surface area contributed by atoms with Crippen LogP contribution in [0, 0.1) is 0 Å². The van der Waals surface area contributed by atoms with Gasteiger partial charge in [0.05, 0.1) is 0 Å². The summed E-state index contributed by atoms with van der Waals surface area (Å²) in [6.07, 6.45) is -13.1. The molecule has 0 fully saturated rings. The lowest BCUT2D eigenvalue weighted by atomic mass is 10.6. The predicted molar refractivity (Wildman–Crippen MR) is 44.9 cm³/mol. The molecule has 1 unspecified atom stereocenters. The molecule has 0 aromatic heterocycles. The molecule has 3 nitrogen and oxygen atoms in total. The topological polar surface area (TPSA) is 43.4 Å². The molecule has 0 radical (unpaired) electrons. The fourth-order valence-corrected chi connectivity index (χ4v) is 1.81. The van der Waals surface area contributed by atoms with E-state index in [0.29, 0.717) is 0 Å². The number of ether oxygens (including phenoxy) is 1. The van der Waals surface area contributed by atoms with Crippen LogP contribution < -0.4 is 0 Å². The van der Waals surface area contributed by atoms with E-state index in [0.717, 1.165) is 0 Å². The summed E-state index contributed by atoms with van der Waals surface area (Å²) in [6.45, 7) is 0. The Bertz CT molecular complexity index is 412. The maximum atomic E-state index is 12.8. The first-order valence-electron chi connectivity index (χ1n) is 3.30. The van der Waals surface area contributed by atoms with E-state index in [4.69, 9.17) is 0 Å². The van der Waals surface area contributed by atoms with Crippen molar-refractivity contribution in [1.82, 2.24) is 0 Å². The zero-order valence-corrected chi connectivity index (χ0v) is 10.4. The third-order valence-electron chi connectivity index (χ3n) is 1.23. The van der Waals surface area contributed by atoms with Gasteiger partial charge >= 0.3 is 31.6 Å². The molecule has 0 aromatic rings. The first kappa shape index (κ1) is 18.0. The number of hydrogen-bond donors (Lipinski definition) is 0. The second kappa shape index (κ2) is 4.53. The first-order chi connectivity index (χ1) is 7.46. The van der Waals surface area contributed by atoms with Gasteiger partial charge in [-0.05, 0) is 0 Å². The first-order valence-corrected chi connectivity index (χ1v) is 5.76. The fraction of sp³-hybridized carbons (Fsp3) is 1.00. The van der Waals surface area contributed by atoms with E-state index in [2.05, 4.69) is 4.74 Å². The molecule has 18 heavy (non-hydrogen) atoms. The molecule has 0 aliphatic heterocycles. The van der Waals surface area contributed by atoms with E-state index >= 15 is 0 Å². The van der Waals surface area contributed by atoms with Crippen molar-refractivity contribution in [2.24, 2.45) is 0 Å². The van der Waals surface area contributed by atoms with Crippen molar-refractivity contribution in [2.45, 2.75) is 21.4 Å². The Hall–Kier alpha value is 0.01000. The molecule has 0 saturated heterocycles. The lowest BCUT2D eigenvalue weighted by Gasteiger charge is -2.29. The van der Waals surface area contributed by atoms with Gasteiger partial charge in [0, 0.05) is 22.6 Å². The lowest BCUT2D eigenvalue weighted by Crippen LogP contribution is -2.53. The molecular formula is C4F9IO3S. The standard InChI is InChI=1S/C4F9IO3S/c5-1(6,7)2(8,9)17-4(12,14)3(10,11)18(13,15)16. The normalized spacial score (nSPS) is 18.6. The molecule has 110 valence electrons. The summed E-state index contributed by atoms with van der Waals surface area (Å²) in [5.41, 5.74) is 0. The van der Waals surface area contributed by atoms with Crippen LogP contribution in [0.25, 0.3) is 0 Å². The van der Waals surface area contributed by atoms with Crippen LogP contribution in [-0.4, -0.2) is 29.8 Å². The molecule has 0 bridgehead atoms. The van der Waals surface area contributed by atoms with Gasteiger partial charge in [0.15, 0.2) is 0 Å². The maximum absolute atomic E-state index is 12.8. The van der Waals surface area contributed by atoms with Crippen LogP contribution in [0.2, 0.25) is 0 Å². The van der Waals surface area contributed by atoms with Crippen LogP contribution in [0.4, 0.5) is 39.0 Å². The smallest absolute Gasteiger partial charge is 0.260 e. The zero-order valence-electron chi connectivity index (χ0n) is 7.41. The van der Waals surface area contributed by atoms with E-state index in [-0.39, 0.29) is 0 Å². The quantitative estimate of drug-likeness (QED) is 0.301. The number of halogens is 10. The minimum absolute atomic E-state index is 0.529. The highest BCUT2D eigenvalue weighted by Crippen LogP contribution is 2.50. The molecular weight excluding hydrogens is 426 g/mol. The molecule has 0 saturated carbocycles. The Labute approximate surface area is 107 Å². The van der Waals surface area contributed by atoms with Crippen LogP contribution in [0.15, 0.2) is 0 Å². The number of hydrogen-bond acceptors (Lipinski definition) is 3. The Morgan fingerprint density at radius 3 is 1.44 bits per heavy atom. The molecule has 0 amide bonds. The minimum Gasteiger partial charge on any atom is -0.260 e. The summed E-state index contributed by atoms with van der Waals surface area (Å²) < 4.78 is 125. The van der Waals surface area contributed by atoms with Gasteiger partial charge in [-0.25, -0.2) is 0 Å². The third kappa shape index (κ3) is 3.31. The van der Waals surface area contributed by atoms with Crippen molar-refractivity contribution < 1.29 is 52.2 Å². The van der Waals surface area contributed by atoms with Gasteiger partial charge in [0.1, 0.15) is 0 Å². The lowest BCUT2D eigenvalue weighted by molar-refractivity contribution is -0.427. The SMILES string of the molecule is O=S(=O)(F)C(F)(F)C(F)(I)OC(F)(F)C(F)(F)F. The summed E-state index contributed by atoms with van der Waals surface area (Å²) in [7, 11) is -7.12. The molecule has 0 N–H and O–H groups in total. The van der Waals surface area contributed by atoms with Gasteiger partial charge in [0.25, 0.3) is 0 Å². The third-order valence-corrected chi connectivity index (χ3v) is 3.37. The summed E-state index contributed by atoms with van der Waals surface area (Å²) in [4.78, 5) is 0. The summed E-state index contributed by atoms with van der Waals surface area (Å²) in [6, 6.07) is 0. The van der Waals surface area contributed by atoms with Gasteiger partial charge in [0.2, 0.25) is 0 Å². The van der Waals surface area contributed by atoms with Crippen LogP contribution >= 0.6 is 22.6 Å². The van der Waals surface area contributed by atoms with E-state index in [9.17, 15) is 47.4 Å². The maximum Gasteiger partial charge on any atom is 0.483 e. The van der Waals surface area contributed by atoms with E-state index in [1.54, 1.807) is 0 Å². The average molecular weight is 426 g/mol. The molecule has 0 heterocycles. The summed E-state index contributed by atoms with van der Waals surface area (Å²) in [5, 5.41) is -6.27. The van der Waals surface area contributed by atoms with Gasteiger partial charge in [-0.3, -0.25) is 4.74 Å². The van der Waals surface area contributed by atoms with Gasteiger partial charge in [-0.1, -0.05) is 3.89 Å². The average Bonchev–Trinajstić information content (AvgIpc) is 1.96. The molecule has 14 heteroatoms. The van der Waals surface area contributed by atoms with Crippen LogP contribution in [-0.2, 0) is 15.0 Å². The van der Waals surface area contributed by atoms with Crippen molar-refractivity contribution in [2.75, 3.05) is 0 Å². The Balaban J connectivity index is 5.47. The summed E-state index contributed by atoms with van der Waals surface area (Å²) >= 11 is -0.529. The van der Waals surface area contributed by atoms with Crippen LogP contribution in [0.3, 0.4) is 0 Å². The Morgan fingerprint density at radius 2 is 1.22 bits per heavy atom. The van der Waals surface area contributed by atoms with Crippen molar-refractivity contribution >= 4 is 32.8 Å². The monoisotopic (exact) mass is 426 g/mol. The van der Waals surface area contributed by atoms with Crippen molar-refractivity contribution in [3.63, 3.8) is 0 Å². The molecule has 0 aliphatic carbocycles. The second-order valence-electron chi connectivity index (χ2n) is 2.59.